The average Bonchev–Trinajstić information content (AvgIpc) is 4.02. The molecular formula is C65H46N4O2. The Morgan fingerprint density at radius 1 is 0.437 bits per heavy atom. The summed E-state index contributed by atoms with van der Waals surface area (Å²) in [6.45, 7) is 4.25. The molecule has 0 N–H and O–H groups in total. The topological polar surface area (TPSA) is 69.9 Å². The lowest BCUT2D eigenvalue weighted by molar-refractivity contribution is 0.668. The maximum absolute atomic E-state index is 6.38. The zero-order chi connectivity index (χ0) is 47.4. The lowest BCUT2D eigenvalue weighted by Gasteiger charge is -2.14. The van der Waals surface area contributed by atoms with Gasteiger partial charge in [0.1, 0.15) is 22.3 Å². The van der Waals surface area contributed by atoms with Gasteiger partial charge in [0.2, 0.25) is 5.95 Å². The Balaban J connectivity index is 0.00000160. The van der Waals surface area contributed by atoms with Crippen LogP contribution >= 0.6 is 0 Å². The van der Waals surface area contributed by atoms with Crippen LogP contribution in [0.5, 0.6) is 0 Å². The number of aromatic nitrogens is 4. The molecular weight excluding hydrogens is 869 g/mol. The van der Waals surface area contributed by atoms with Crippen LogP contribution < -0.4 is 0 Å². The minimum absolute atomic E-state index is 0.531. The standard InChI is InChI=1S/C62H38N4O2.C3H8/c1-2-14-38(15-3-1)60-63-61(46-29-31-51-49-23-9-11-27-56(49)68-58(51)37-46)65-62(64-60)66-54-35-43-19-7-6-18-42(43)34-53(54)52-25-13-24-47(59(52)66)45-21-12-20-41(33-45)39-16-4-5-17-40(32-39)44-28-30-50-48-22-8-10-26-55(48)67-57(50)36-44;1-3-2/h1-4,6-37H,5H2;3H2,1-2H3. The lowest BCUT2D eigenvalue weighted by Crippen LogP contribution is -2.07. The predicted molar refractivity (Wildman–Crippen MR) is 295 cm³/mol. The van der Waals surface area contributed by atoms with Crippen LogP contribution in [0.1, 0.15) is 37.8 Å². The Morgan fingerprint density at radius 3 is 1.75 bits per heavy atom. The van der Waals surface area contributed by atoms with Gasteiger partial charge in [-0.2, -0.15) is 9.97 Å². The maximum atomic E-state index is 6.38. The zero-order valence-electron chi connectivity index (χ0n) is 39.3. The first-order chi connectivity index (χ1) is 35.1. The first-order valence-corrected chi connectivity index (χ1v) is 24.4. The molecule has 0 amide bonds. The van der Waals surface area contributed by atoms with Crippen molar-refractivity contribution in [3.05, 3.63) is 230 Å². The summed E-state index contributed by atoms with van der Waals surface area (Å²) in [7, 11) is 0. The van der Waals surface area contributed by atoms with Crippen LogP contribution in [0.15, 0.2) is 227 Å². The normalized spacial score (nSPS) is 12.8. The van der Waals surface area contributed by atoms with E-state index in [0.717, 1.165) is 122 Å². The largest absolute Gasteiger partial charge is 0.456 e. The van der Waals surface area contributed by atoms with Gasteiger partial charge in [-0.15, -0.1) is 0 Å². The highest BCUT2D eigenvalue weighted by atomic mass is 16.3. The van der Waals surface area contributed by atoms with E-state index in [2.05, 4.69) is 182 Å². The van der Waals surface area contributed by atoms with Crippen molar-refractivity contribution in [3.63, 3.8) is 0 Å². The summed E-state index contributed by atoms with van der Waals surface area (Å²) in [5.41, 5.74) is 13.9. The highest BCUT2D eigenvalue weighted by Crippen LogP contribution is 2.41. The second-order valence-corrected chi connectivity index (χ2v) is 18.2. The quantitative estimate of drug-likeness (QED) is 0.166. The molecule has 4 heterocycles. The third-order valence-electron chi connectivity index (χ3n) is 13.4. The highest BCUT2D eigenvalue weighted by Gasteiger charge is 2.22. The summed E-state index contributed by atoms with van der Waals surface area (Å²) in [6.07, 6.45) is 11.2. The highest BCUT2D eigenvalue weighted by molar-refractivity contribution is 6.17. The summed E-state index contributed by atoms with van der Waals surface area (Å²) in [5, 5.41) is 8.92. The molecule has 338 valence electrons. The van der Waals surface area contributed by atoms with Gasteiger partial charge in [-0.3, -0.25) is 4.57 Å². The number of furan rings is 2. The third kappa shape index (κ3) is 7.40. The summed E-state index contributed by atoms with van der Waals surface area (Å²) >= 11 is 0. The molecule has 13 aromatic rings. The van der Waals surface area contributed by atoms with Crippen molar-refractivity contribution in [2.75, 3.05) is 0 Å². The Bertz CT molecular complexity index is 4320. The van der Waals surface area contributed by atoms with E-state index in [9.17, 15) is 0 Å². The molecule has 14 rings (SSSR count). The van der Waals surface area contributed by atoms with Gasteiger partial charge < -0.3 is 8.83 Å². The van der Waals surface area contributed by atoms with Crippen molar-refractivity contribution in [2.45, 2.75) is 26.7 Å². The molecule has 0 fully saturated rings. The third-order valence-corrected chi connectivity index (χ3v) is 13.4. The molecule has 9 aromatic carbocycles. The smallest absolute Gasteiger partial charge is 0.238 e. The Labute approximate surface area is 410 Å². The van der Waals surface area contributed by atoms with Gasteiger partial charge >= 0.3 is 0 Å². The summed E-state index contributed by atoms with van der Waals surface area (Å²) in [5.74, 6) is 1.67. The van der Waals surface area contributed by atoms with E-state index in [1.54, 1.807) is 0 Å². The monoisotopic (exact) mass is 914 g/mol. The van der Waals surface area contributed by atoms with E-state index < -0.39 is 0 Å². The summed E-state index contributed by atoms with van der Waals surface area (Å²) < 4.78 is 14.9. The molecule has 0 spiro atoms. The number of benzene rings is 9. The Kier molecular flexibility index (Phi) is 10.3. The SMILES string of the molecule is C1=CC(c2cccc(-c3cccc4c5cc6ccccc6cc5n(-c5nc(-c6ccccc6)nc(-c6ccc7c(c6)oc6ccccc67)n5)c34)c2)=CC(c2ccc3c(c2)oc2ccccc23)=CC1.CCC. The van der Waals surface area contributed by atoms with Crippen LogP contribution in [0.3, 0.4) is 0 Å². The maximum Gasteiger partial charge on any atom is 0.238 e. The van der Waals surface area contributed by atoms with Crippen LogP contribution in [0, 0.1) is 0 Å². The molecule has 0 atom stereocenters. The van der Waals surface area contributed by atoms with Crippen LogP contribution in [-0.4, -0.2) is 19.5 Å². The van der Waals surface area contributed by atoms with Gasteiger partial charge in [0.15, 0.2) is 11.6 Å². The Hall–Kier alpha value is -9.13. The molecule has 6 heteroatoms. The molecule has 0 saturated carbocycles. The molecule has 0 aliphatic heterocycles. The molecule has 1 aliphatic carbocycles. The van der Waals surface area contributed by atoms with Gasteiger partial charge in [-0.25, -0.2) is 4.98 Å². The van der Waals surface area contributed by atoms with Crippen molar-refractivity contribution in [1.82, 2.24) is 19.5 Å². The van der Waals surface area contributed by atoms with Gasteiger partial charge in [-0.05, 0) is 106 Å². The van der Waals surface area contributed by atoms with Crippen LogP contribution in [-0.2, 0) is 0 Å². The van der Waals surface area contributed by atoms with Gasteiger partial charge in [0.25, 0.3) is 0 Å². The molecule has 71 heavy (non-hydrogen) atoms. The van der Waals surface area contributed by atoms with Crippen LogP contribution in [0.25, 0.3) is 127 Å². The number of nitrogens with zero attached hydrogens (tertiary/aromatic N) is 4. The first kappa shape index (κ1) is 42.0. The molecule has 0 bridgehead atoms. The second-order valence-electron chi connectivity index (χ2n) is 18.2. The van der Waals surface area contributed by atoms with E-state index in [-0.39, 0.29) is 0 Å². The van der Waals surface area contributed by atoms with Gasteiger partial charge in [-0.1, -0.05) is 178 Å². The number of allylic oxidation sites excluding steroid dienone is 6. The minimum Gasteiger partial charge on any atom is -0.456 e. The molecule has 1 aliphatic rings. The first-order valence-electron chi connectivity index (χ1n) is 24.4. The van der Waals surface area contributed by atoms with E-state index in [4.69, 9.17) is 23.8 Å². The van der Waals surface area contributed by atoms with Crippen molar-refractivity contribution in [1.29, 1.82) is 0 Å². The van der Waals surface area contributed by atoms with E-state index in [1.165, 1.54) is 11.8 Å². The molecule has 0 radical (unpaired) electrons. The van der Waals surface area contributed by atoms with E-state index >= 15 is 0 Å². The molecule has 4 aromatic heterocycles. The van der Waals surface area contributed by atoms with Crippen LogP contribution in [0.4, 0.5) is 0 Å². The average molecular weight is 915 g/mol. The van der Waals surface area contributed by atoms with Crippen molar-refractivity contribution in [3.8, 4) is 39.9 Å². The number of fused-ring (bicyclic) bond motifs is 10. The second kappa shape index (κ2) is 17.4. The number of para-hydroxylation sites is 3. The predicted octanol–water partition coefficient (Wildman–Crippen LogP) is 17.8. The number of rotatable bonds is 6. The fourth-order valence-corrected chi connectivity index (χ4v) is 10.2. The number of hydrogen-bond acceptors (Lipinski definition) is 5. The summed E-state index contributed by atoms with van der Waals surface area (Å²) in [6, 6.07) is 68.0. The fourth-order valence-electron chi connectivity index (χ4n) is 10.2. The van der Waals surface area contributed by atoms with E-state index in [0.29, 0.717) is 17.6 Å². The van der Waals surface area contributed by atoms with Gasteiger partial charge in [0, 0.05) is 49.0 Å². The van der Waals surface area contributed by atoms with Crippen molar-refractivity contribution in [2.24, 2.45) is 0 Å². The Morgan fingerprint density at radius 2 is 1.00 bits per heavy atom. The summed E-state index contributed by atoms with van der Waals surface area (Å²) in [4.78, 5) is 15.9. The zero-order valence-corrected chi connectivity index (χ0v) is 39.3. The van der Waals surface area contributed by atoms with Gasteiger partial charge in [0.05, 0.1) is 11.0 Å². The minimum atomic E-state index is 0.531. The molecule has 6 nitrogen and oxygen atoms in total. The van der Waals surface area contributed by atoms with Crippen molar-refractivity contribution >= 4 is 87.6 Å². The molecule has 0 saturated heterocycles. The van der Waals surface area contributed by atoms with Crippen LogP contribution in [0.2, 0.25) is 0 Å². The number of hydrogen-bond donors (Lipinski definition) is 0. The lowest BCUT2D eigenvalue weighted by atomic mass is 9.95. The molecule has 0 unspecified atom stereocenters. The fraction of sp³-hybridized carbons (Fsp3) is 0.0615. The van der Waals surface area contributed by atoms with E-state index in [1.807, 2.05) is 54.6 Å². The van der Waals surface area contributed by atoms with Crippen molar-refractivity contribution < 1.29 is 8.83 Å².